The zero-order valence-corrected chi connectivity index (χ0v) is 26.3. The Hall–Kier alpha value is -4.08. The normalized spacial score (nSPS) is 16.7. The van der Waals surface area contributed by atoms with E-state index in [1.165, 1.54) is 22.2 Å². The average Bonchev–Trinajstić information content (AvgIpc) is 3.81. The monoisotopic (exact) mass is 641 g/mol. The van der Waals surface area contributed by atoms with Crippen LogP contribution in [-0.2, 0) is 4.74 Å². The number of rotatable bonds is 12. The van der Waals surface area contributed by atoms with E-state index in [0.717, 1.165) is 57.3 Å². The highest BCUT2D eigenvalue weighted by Gasteiger charge is 2.27. The maximum Gasteiger partial charge on any atom is 0.342 e. The molecule has 2 amide bonds. The van der Waals surface area contributed by atoms with Crippen molar-refractivity contribution >= 4 is 29.0 Å². The van der Waals surface area contributed by atoms with Crippen molar-refractivity contribution in [2.45, 2.75) is 58.1 Å². The second kappa shape index (κ2) is 14.8. The van der Waals surface area contributed by atoms with Crippen molar-refractivity contribution in [3.8, 4) is 22.0 Å². The van der Waals surface area contributed by atoms with Crippen LogP contribution in [0.15, 0.2) is 36.1 Å². The number of aromatic nitrogens is 6. The largest absolute Gasteiger partial charge is 0.379 e. The van der Waals surface area contributed by atoms with Crippen molar-refractivity contribution in [1.29, 1.82) is 0 Å². The predicted molar refractivity (Wildman–Crippen MR) is 166 cm³/mol. The van der Waals surface area contributed by atoms with Crippen molar-refractivity contribution < 1.29 is 23.1 Å². The van der Waals surface area contributed by atoms with Gasteiger partial charge in [-0.25, -0.2) is 19.2 Å². The molecular weight excluding hydrogens is 604 g/mol. The first-order valence-electron chi connectivity index (χ1n) is 15.1. The summed E-state index contributed by atoms with van der Waals surface area (Å²) in [6.45, 7) is 7.02. The third-order valence-corrected chi connectivity index (χ3v) is 8.64. The van der Waals surface area contributed by atoms with Crippen LogP contribution in [0.5, 0.6) is 0 Å². The SMILES string of the molecule is CCOC1CCC(n2cc(NC(=O)c3csc(-c4cnn(C(=O)NCCCN(C)CC)c4)n3)c(-c3nc(F)ccc3F)n2)CC1. The van der Waals surface area contributed by atoms with E-state index in [1.807, 2.05) is 14.0 Å². The molecular formula is C30H37F2N9O3S. The molecule has 240 valence electrons. The van der Waals surface area contributed by atoms with Gasteiger partial charge in [-0.15, -0.1) is 11.3 Å². The van der Waals surface area contributed by atoms with Crippen molar-refractivity contribution in [3.05, 3.63) is 53.6 Å². The van der Waals surface area contributed by atoms with Gasteiger partial charge in [-0.1, -0.05) is 6.92 Å². The van der Waals surface area contributed by atoms with Crippen molar-refractivity contribution in [3.63, 3.8) is 0 Å². The number of carbonyl (C=O) groups excluding carboxylic acids is 2. The Bertz CT molecular complexity index is 1610. The van der Waals surface area contributed by atoms with E-state index in [9.17, 15) is 18.4 Å². The van der Waals surface area contributed by atoms with Crippen LogP contribution in [0, 0.1) is 11.8 Å². The Morgan fingerprint density at radius 2 is 1.91 bits per heavy atom. The van der Waals surface area contributed by atoms with E-state index in [2.05, 4.69) is 42.6 Å². The highest BCUT2D eigenvalue weighted by Crippen LogP contribution is 2.34. The van der Waals surface area contributed by atoms with Gasteiger partial charge in [-0.3, -0.25) is 9.48 Å². The quantitative estimate of drug-likeness (QED) is 0.159. The summed E-state index contributed by atoms with van der Waals surface area (Å²) in [7, 11) is 2.02. The zero-order valence-electron chi connectivity index (χ0n) is 25.5. The van der Waals surface area contributed by atoms with Gasteiger partial charge in [0.05, 0.1) is 24.0 Å². The number of hydrogen-bond acceptors (Lipinski definition) is 9. The summed E-state index contributed by atoms with van der Waals surface area (Å²) < 4.78 is 37.5. The first-order valence-corrected chi connectivity index (χ1v) is 16.0. The summed E-state index contributed by atoms with van der Waals surface area (Å²) in [5.74, 6) is -2.18. The van der Waals surface area contributed by atoms with Gasteiger partial charge >= 0.3 is 6.03 Å². The number of halogens is 2. The highest BCUT2D eigenvalue weighted by molar-refractivity contribution is 7.13. The van der Waals surface area contributed by atoms with Gasteiger partial charge in [0, 0.05) is 36.5 Å². The summed E-state index contributed by atoms with van der Waals surface area (Å²) in [6.07, 6.45) is 8.94. The topological polar surface area (TPSA) is 132 Å². The number of nitrogens with zero attached hydrogens (tertiary/aromatic N) is 7. The summed E-state index contributed by atoms with van der Waals surface area (Å²) in [6, 6.07) is 1.55. The zero-order chi connectivity index (χ0) is 31.9. The van der Waals surface area contributed by atoms with Crippen LogP contribution in [0.25, 0.3) is 22.0 Å². The molecule has 0 atom stereocenters. The molecule has 1 saturated carbocycles. The van der Waals surface area contributed by atoms with Gasteiger partial charge in [-0.05, 0) is 71.3 Å². The molecule has 15 heteroatoms. The molecule has 0 radical (unpaired) electrons. The van der Waals surface area contributed by atoms with Crippen molar-refractivity contribution in [2.24, 2.45) is 0 Å². The van der Waals surface area contributed by atoms with Crippen LogP contribution >= 0.6 is 11.3 Å². The first-order chi connectivity index (χ1) is 21.7. The molecule has 0 bridgehead atoms. The number of pyridine rings is 1. The number of thiazole rings is 1. The third kappa shape index (κ3) is 7.96. The number of hydrogen-bond donors (Lipinski definition) is 2. The Labute approximate surface area is 263 Å². The molecule has 4 aromatic heterocycles. The Morgan fingerprint density at radius 1 is 1.11 bits per heavy atom. The average molecular weight is 642 g/mol. The second-order valence-electron chi connectivity index (χ2n) is 10.9. The number of ether oxygens (including phenoxy) is 1. The molecule has 12 nitrogen and oxygen atoms in total. The molecule has 4 heterocycles. The lowest BCUT2D eigenvalue weighted by Crippen LogP contribution is -2.31. The lowest BCUT2D eigenvalue weighted by molar-refractivity contribution is 0.0260. The van der Waals surface area contributed by atoms with E-state index in [0.29, 0.717) is 23.7 Å². The summed E-state index contributed by atoms with van der Waals surface area (Å²) in [5, 5.41) is 16.4. The van der Waals surface area contributed by atoms with Crippen LogP contribution in [0.2, 0.25) is 0 Å². The smallest absolute Gasteiger partial charge is 0.342 e. The number of anilines is 1. The van der Waals surface area contributed by atoms with Crippen LogP contribution in [0.3, 0.4) is 0 Å². The standard InChI is InChI=1S/C30H37F2N9O3S/c1-4-39(3)14-6-13-33-30(43)41-16-19(15-34-41)29-36-24(18-45-29)28(42)35-23-17-40(20-7-9-21(10-8-20)44-5-2)38-27(23)26-22(31)11-12-25(32)37-26/h11-12,15-18,20-21H,4-10,13-14H2,1-3H3,(H,33,43)(H,35,42). The molecule has 4 aromatic rings. The van der Waals surface area contributed by atoms with Gasteiger partial charge in [0.15, 0.2) is 5.82 Å². The maximum absolute atomic E-state index is 14.8. The Morgan fingerprint density at radius 3 is 2.67 bits per heavy atom. The van der Waals surface area contributed by atoms with Crippen LogP contribution < -0.4 is 10.6 Å². The number of carbonyl (C=O) groups is 2. The van der Waals surface area contributed by atoms with Gasteiger partial charge in [0.25, 0.3) is 5.91 Å². The van der Waals surface area contributed by atoms with Gasteiger partial charge in [-0.2, -0.15) is 19.3 Å². The lowest BCUT2D eigenvalue weighted by atomic mass is 9.93. The van der Waals surface area contributed by atoms with Crippen molar-refractivity contribution in [2.75, 3.05) is 38.6 Å². The van der Waals surface area contributed by atoms with Gasteiger partial charge in [0.1, 0.15) is 22.1 Å². The van der Waals surface area contributed by atoms with E-state index in [1.54, 1.807) is 22.5 Å². The molecule has 0 aromatic carbocycles. The fourth-order valence-corrected chi connectivity index (χ4v) is 5.94. The second-order valence-corrected chi connectivity index (χ2v) is 11.7. The van der Waals surface area contributed by atoms with Crippen LogP contribution in [-0.4, -0.2) is 85.8 Å². The van der Waals surface area contributed by atoms with E-state index < -0.39 is 17.7 Å². The first kappa shape index (κ1) is 32.3. The lowest BCUT2D eigenvalue weighted by Gasteiger charge is -2.28. The Kier molecular flexibility index (Phi) is 10.6. The predicted octanol–water partition coefficient (Wildman–Crippen LogP) is 5.22. The van der Waals surface area contributed by atoms with E-state index in [4.69, 9.17) is 4.74 Å². The van der Waals surface area contributed by atoms with Gasteiger partial charge < -0.3 is 20.3 Å². The van der Waals surface area contributed by atoms with Crippen LogP contribution in [0.1, 0.15) is 62.5 Å². The maximum atomic E-state index is 14.8. The molecule has 45 heavy (non-hydrogen) atoms. The molecule has 5 rings (SSSR count). The minimum atomic E-state index is -0.863. The van der Waals surface area contributed by atoms with E-state index >= 15 is 0 Å². The van der Waals surface area contributed by atoms with Crippen molar-refractivity contribution in [1.82, 2.24) is 39.7 Å². The fourth-order valence-electron chi connectivity index (χ4n) is 5.17. The molecule has 0 unspecified atom stereocenters. The van der Waals surface area contributed by atoms with Gasteiger partial charge in [0.2, 0.25) is 5.95 Å². The summed E-state index contributed by atoms with van der Waals surface area (Å²) >= 11 is 1.21. The third-order valence-electron chi connectivity index (χ3n) is 7.74. The minimum absolute atomic E-state index is 0.0000187. The number of amides is 2. The number of nitrogens with one attached hydrogen (secondary N) is 2. The van der Waals surface area contributed by atoms with E-state index in [-0.39, 0.29) is 40.9 Å². The Balaban J connectivity index is 1.30. The molecule has 0 aliphatic heterocycles. The minimum Gasteiger partial charge on any atom is -0.379 e. The fraction of sp³-hybridized carbons (Fsp3) is 0.467. The molecule has 2 N–H and O–H groups in total. The molecule has 0 saturated heterocycles. The summed E-state index contributed by atoms with van der Waals surface area (Å²) in [5.41, 5.74) is 0.594. The summed E-state index contributed by atoms with van der Waals surface area (Å²) in [4.78, 5) is 36.2. The highest BCUT2D eigenvalue weighted by atomic mass is 32.1. The molecule has 1 aliphatic carbocycles. The molecule has 1 fully saturated rings. The van der Waals surface area contributed by atoms with Crippen LogP contribution in [0.4, 0.5) is 19.3 Å². The molecule has 1 aliphatic rings. The molecule has 0 spiro atoms.